The lowest BCUT2D eigenvalue weighted by atomic mass is 10.3. The monoisotopic (exact) mass is 212 g/mol. The van der Waals surface area contributed by atoms with Gasteiger partial charge in [-0.15, -0.1) is 0 Å². The fourth-order valence-corrected chi connectivity index (χ4v) is 1.91. The number of hydrogen-bond acceptors (Lipinski definition) is 4. The molecule has 1 N–H and O–H groups in total. The molecule has 2 heterocycles. The van der Waals surface area contributed by atoms with Crippen molar-refractivity contribution in [3.8, 4) is 0 Å². The highest BCUT2D eigenvalue weighted by Crippen LogP contribution is 2.06. The summed E-state index contributed by atoms with van der Waals surface area (Å²) in [6, 6.07) is 0. The normalized spacial score (nSPS) is 25.5. The van der Waals surface area contributed by atoms with Crippen molar-refractivity contribution in [2.24, 2.45) is 0 Å². The van der Waals surface area contributed by atoms with Crippen molar-refractivity contribution in [3.63, 3.8) is 0 Å². The Bertz CT molecular complexity index is 281. The number of amides is 2. The third-order valence-electron chi connectivity index (χ3n) is 2.75. The molecule has 0 saturated carbocycles. The van der Waals surface area contributed by atoms with E-state index in [1.54, 1.807) is 5.01 Å². The lowest BCUT2D eigenvalue weighted by Gasteiger charge is -2.41. The van der Waals surface area contributed by atoms with Gasteiger partial charge in [-0.1, -0.05) is 0 Å². The van der Waals surface area contributed by atoms with E-state index in [1.807, 2.05) is 17.0 Å². The highest BCUT2D eigenvalue weighted by molar-refractivity contribution is 5.81. The number of hydrazine groups is 1. The van der Waals surface area contributed by atoms with Gasteiger partial charge in [0.15, 0.2) is 0 Å². The van der Waals surface area contributed by atoms with Crippen LogP contribution >= 0.6 is 0 Å². The van der Waals surface area contributed by atoms with Crippen LogP contribution in [0.1, 0.15) is 0 Å². The Morgan fingerprint density at radius 1 is 1.13 bits per heavy atom. The second kappa shape index (κ2) is 4.16. The van der Waals surface area contributed by atoms with E-state index in [9.17, 15) is 9.59 Å². The maximum Gasteiger partial charge on any atom is 0.251 e. The van der Waals surface area contributed by atoms with Gasteiger partial charge in [0, 0.05) is 19.6 Å². The third-order valence-corrected chi connectivity index (χ3v) is 2.75. The minimum atomic E-state index is -0.00650. The fourth-order valence-electron chi connectivity index (χ4n) is 1.91. The quantitative estimate of drug-likeness (QED) is 0.552. The Kier molecular flexibility index (Phi) is 2.88. The minimum absolute atomic E-state index is 0.00650. The maximum atomic E-state index is 11.7. The molecule has 2 aliphatic heterocycles. The Balaban J connectivity index is 1.97. The van der Waals surface area contributed by atoms with Crippen LogP contribution < -0.4 is 5.32 Å². The molecule has 0 aromatic carbocycles. The Hall–Kier alpha value is -1.14. The van der Waals surface area contributed by atoms with Crippen LogP contribution in [0.25, 0.3) is 0 Å². The van der Waals surface area contributed by atoms with Crippen LogP contribution in [0, 0.1) is 0 Å². The van der Waals surface area contributed by atoms with Crippen molar-refractivity contribution in [2.75, 3.05) is 46.3 Å². The van der Waals surface area contributed by atoms with Gasteiger partial charge in [0.25, 0.3) is 5.91 Å². The number of hydrogen-bond donors (Lipinski definition) is 1. The summed E-state index contributed by atoms with van der Waals surface area (Å²) in [5.41, 5.74) is 0. The molecule has 0 bridgehead atoms. The van der Waals surface area contributed by atoms with Crippen LogP contribution in [0.5, 0.6) is 0 Å². The van der Waals surface area contributed by atoms with Crippen molar-refractivity contribution < 1.29 is 9.59 Å². The number of carbonyl (C=O) groups is 2. The molecule has 0 aromatic heterocycles. The lowest BCUT2D eigenvalue weighted by molar-refractivity contribution is -0.159. The van der Waals surface area contributed by atoms with E-state index in [0.717, 1.165) is 13.1 Å². The average Bonchev–Trinajstić information content (AvgIpc) is 2.17. The largest absolute Gasteiger partial charge is 0.354 e. The van der Waals surface area contributed by atoms with Gasteiger partial charge >= 0.3 is 0 Å². The van der Waals surface area contributed by atoms with Crippen LogP contribution in [0.15, 0.2) is 0 Å². The SMILES string of the molecule is CN1CCN(N2CCNC(=O)C2)C(=O)C1. The molecule has 2 amide bonds. The van der Waals surface area contributed by atoms with Crippen molar-refractivity contribution in [1.82, 2.24) is 20.2 Å². The summed E-state index contributed by atoms with van der Waals surface area (Å²) in [5.74, 6) is 0.0754. The number of carbonyl (C=O) groups excluding carboxylic acids is 2. The van der Waals surface area contributed by atoms with Crippen LogP contribution in [-0.4, -0.2) is 73.0 Å². The predicted octanol–water partition coefficient (Wildman–Crippen LogP) is -1.89. The summed E-state index contributed by atoms with van der Waals surface area (Å²) in [7, 11) is 1.93. The van der Waals surface area contributed by atoms with Crippen molar-refractivity contribution in [2.45, 2.75) is 0 Å². The van der Waals surface area contributed by atoms with Gasteiger partial charge in [0.1, 0.15) is 0 Å². The highest BCUT2D eigenvalue weighted by atomic mass is 16.2. The smallest absolute Gasteiger partial charge is 0.251 e. The zero-order valence-electron chi connectivity index (χ0n) is 8.90. The molecule has 0 unspecified atom stereocenters. The molecule has 0 aliphatic carbocycles. The molecule has 0 atom stereocenters. The van der Waals surface area contributed by atoms with Crippen molar-refractivity contribution >= 4 is 11.8 Å². The zero-order chi connectivity index (χ0) is 10.8. The molecule has 15 heavy (non-hydrogen) atoms. The summed E-state index contributed by atoms with van der Waals surface area (Å²) < 4.78 is 0. The van der Waals surface area contributed by atoms with E-state index in [-0.39, 0.29) is 11.8 Å². The summed E-state index contributed by atoms with van der Waals surface area (Å²) in [6.07, 6.45) is 0. The molecule has 2 aliphatic rings. The fraction of sp³-hybridized carbons (Fsp3) is 0.778. The average molecular weight is 212 g/mol. The molecular formula is C9H16N4O2. The highest BCUT2D eigenvalue weighted by Gasteiger charge is 2.29. The van der Waals surface area contributed by atoms with E-state index in [1.165, 1.54) is 0 Å². The first-order valence-corrected chi connectivity index (χ1v) is 5.17. The van der Waals surface area contributed by atoms with Gasteiger partial charge in [-0.3, -0.25) is 19.5 Å². The lowest BCUT2D eigenvalue weighted by Crippen LogP contribution is -2.61. The Labute approximate surface area is 88.8 Å². The van der Waals surface area contributed by atoms with E-state index >= 15 is 0 Å². The molecule has 6 heteroatoms. The van der Waals surface area contributed by atoms with Crippen molar-refractivity contribution in [1.29, 1.82) is 0 Å². The molecule has 2 rings (SSSR count). The molecule has 84 valence electrons. The number of nitrogens with zero attached hydrogens (tertiary/aromatic N) is 3. The van der Waals surface area contributed by atoms with Gasteiger partial charge in [-0.05, 0) is 7.05 Å². The van der Waals surface area contributed by atoms with Crippen molar-refractivity contribution in [3.05, 3.63) is 0 Å². The van der Waals surface area contributed by atoms with Gasteiger partial charge in [0.05, 0.1) is 19.6 Å². The standard InChI is InChI=1S/C9H16N4O2/c1-11-4-5-13(9(15)7-11)12-3-2-10-8(14)6-12/h2-7H2,1H3,(H,10,14). The van der Waals surface area contributed by atoms with Gasteiger partial charge in [-0.2, -0.15) is 0 Å². The summed E-state index contributed by atoms with van der Waals surface area (Å²) in [5, 5.41) is 6.29. The minimum Gasteiger partial charge on any atom is -0.354 e. The van der Waals surface area contributed by atoms with E-state index in [4.69, 9.17) is 0 Å². The molecule has 2 saturated heterocycles. The number of rotatable bonds is 1. The third kappa shape index (κ3) is 2.27. The molecule has 0 aromatic rings. The number of nitrogens with one attached hydrogen (secondary N) is 1. The first kappa shape index (κ1) is 10.4. The van der Waals surface area contributed by atoms with Gasteiger partial charge in [-0.25, -0.2) is 5.01 Å². The second-order valence-corrected chi connectivity index (χ2v) is 3.99. The summed E-state index contributed by atoms with van der Waals surface area (Å²) >= 11 is 0. The number of likely N-dealkylation sites (N-methyl/N-ethyl adjacent to an activating group) is 1. The van der Waals surface area contributed by atoms with Crippen LogP contribution in [0.2, 0.25) is 0 Å². The van der Waals surface area contributed by atoms with E-state index in [0.29, 0.717) is 26.2 Å². The summed E-state index contributed by atoms with van der Waals surface area (Å²) in [6.45, 7) is 3.64. The molecule has 6 nitrogen and oxygen atoms in total. The molecule has 0 radical (unpaired) electrons. The maximum absolute atomic E-state index is 11.7. The van der Waals surface area contributed by atoms with Crippen LogP contribution in [0.4, 0.5) is 0 Å². The Morgan fingerprint density at radius 2 is 1.93 bits per heavy atom. The predicted molar refractivity (Wildman–Crippen MR) is 53.8 cm³/mol. The first-order chi connectivity index (χ1) is 7.16. The summed E-state index contributed by atoms with van der Waals surface area (Å²) in [4.78, 5) is 24.9. The van der Waals surface area contributed by atoms with E-state index in [2.05, 4.69) is 5.32 Å². The van der Waals surface area contributed by atoms with Gasteiger partial charge < -0.3 is 5.32 Å². The van der Waals surface area contributed by atoms with Crippen LogP contribution in [0.3, 0.4) is 0 Å². The molecular weight excluding hydrogens is 196 g/mol. The van der Waals surface area contributed by atoms with Crippen LogP contribution in [-0.2, 0) is 9.59 Å². The topological polar surface area (TPSA) is 55.9 Å². The Morgan fingerprint density at radius 3 is 2.60 bits per heavy atom. The zero-order valence-corrected chi connectivity index (χ0v) is 8.90. The first-order valence-electron chi connectivity index (χ1n) is 5.17. The second-order valence-electron chi connectivity index (χ2n) is 3.99. The number of piperazine rings is 2. The van der Waals surface area contributed by atoms with Gasteiger partial charge in [0.2, 0.25) is 5.91 Å². The molecule has 0 spiro atoms. The van der Waals surface area contributed by atoms with E-state index < -0.39 is 0 Å². The molecule has 2 fully saturated rings.